The van der Waals surface area contributed by atoms with Gasteiger partial charge in [0.2, 0.25) is 0 Å². The maximum atomic E-state index is 3.48. The molecule has 0 radical (unpaired) electrons. The molecule has 0 aliphatic heterocycles. The van der Waals surface area contributed by atoms with E-state index < -0.39 is 0 Å². The van der Waals surface area contributed by atoms with E-state index in [2.05, 4.69) is 19.2 Å². The highest BCUT2D eigenvalue weighted by atomic mass is 14.8. The van der Waals surface area contributed by atoms with Crippen molar-refractivity contribution in [2.75, 3.05) is 13.1 Å². The molecule has 1 aliphatic rings. The minimum Gasteiger partial charge on any atom is -0.317 e. The molecule has 0 aromatic rings. The van der Waals surface area contributed by atoms with Gasteiger partial charge in [-0.25, -0.2) is 0 Å². The zero-order valence-electron chi connectivity index (χ0n) is 10.7. The van der Waals surface area contributed by atoms with E-state index in [1.165, 1.54) is 64.5 Å². The van der Waals surface area contributed by atoms with Gasteiger partial charge in [-0.3, -0.25) is 0 Å². The number of hydrogen-bond donors (Lipinski definition) is 1. The van der Waals surface area contributed by atoms with Crippen LogP contribution in [-0.4, -0.2) is 13.1 Å². The third-order valence-electron chi connectivity index (χ3n) is 3.69. The Balaban J connectivity index is 1.90. The molecular formula is C14H29N. The molecule has 1 heteroatoms. The van der Waals surface area contributed by atoms with Crippen molar-refractivity contribution in [3.05, 3.63) is 0 Å². The summed E-state index contributed by atoms with van der Waals surface area (Å²) in [5.41, 5.74) is 0. The zero-order valence-corrected chi connectivity index (χ0v) is 10.7. The molecule has 2 atom stereocenters. The Kier molecular flexibility index (Phi) is 7.08. The molecule has 0 bridgehead atoms. The Bertz CT molecular complexity index is 144. The molecule has 0 aromatic carbocycles. The molecule has 90 valence electrons. The second kappa shape index (κ2) is 8.15. The first-order valence-corrected chi connectivity index (χ1v) is 7.03. The van der Waals surface area contributed by atoms with Crippen LogP contribution in [0.4, 0.5) is 0 Å². The summed E-state index contributed by atoms with van der Waals surface area (Å²) in [6, 6.07) is 0. The number of nitrogens with one attached hydrogen (secondary N) is 1. The van der Waals surface area contributed by atoms with Gasteiger partial charge in [-0.15, -0.1) is 0 Å². The van der Waals surface area contributed by atoms with Crippen LogP contribution in [-0.2, 0) is 0 Å². The van der Waals surface area contributed by atoms with E-state index in [0.29, 0.717) is 0 Å². The lowest BCUT2D eigenvalue weighted by Crippen LogP contribution is -2.17. The molecule has 1 fully saturated rings. The molecule has 0 spiro atoms. The molecule has 0 heterocycles. The van der Waals surface area contributed by atoms with Gasteiger partial charge in [0, 0.05) is 0 Å². The predicted octanol–water partition coefficient (Wildman–Crippen LogP) is 3.98. The second-order valence-corrected chi connectivity index (χ2v) is 5.38. The van der Waals surface area contributed by atoms with E-state index in [1.807, 2.05) is 0 Å². The Morgan fingerprint density at radius 3 is 2.73 bits per heavy atom. The highest BCUT2D eigenvalue weighted by molar-refractivity contribution is 4.70. The Hall–Kier alpha value is -0.0400. The van der Waals surface area contributed by atoms with Gasteiger partial charge in [-0.2, -0.15) is 0 Å². The van der Waals surface area contributed by atoms with E-state index in [0.717, 1.165) is 11.8 Å². The SMILES string of the molecule is CCCNCCCCC1CCCC(C)C1. The summed E-state index contributed by atoms with van der Waals surface area (Å²) in [6.45, 7) is 7.09. The van der Waals surface area contributed by atoms with E-state index in [-0.39, 0.29) is 0 Å². The molecular weight excluding hydrogens is 182 g/mol. The molecule has 0 amide bonds. The Labute approximate surface area is 96.0 Å². The molecule has 15 heavy (non-hydrogen) atoms. The van der Waals surface area contributed by atoms with Crippen molar-refractivity contribution in [2.45, 2.75) is 65.2 Å². The van der Waals surface area contributed by atoms with Crippen LogP contribution in [0.1, 0.15) is 65.2 Å². The van der Waals surface area contributed by atoms with Crippen molar-refractivity contribution < 1.29 is 0 Å². The molecule has 1 nitrogen and oxygen atoms in total. The summed E-state index contributed by atoms with van der Waals surface area (Å²) in [6.07, 6.45) is 11.5. The van der Waals surface area contributed by atoms with Crippen LogP contribution in [0.25, 0.3) is 0 Å². The van der Waals surface area contributed by atoms with Gasteiger partial charge in [0.25, 0.3) is 0 Å². The summed E-state index contributed by atoms with van der Waals surface area (Å²) in [7, 11) is 0. The summed E-state index contributed by atoms with van der Waals surface area (Å²) < 4.78 is 0. The number of rotatable bonds is 7. The number of unbranched alkanes of at least 4 members (excludes halogenated alkanes) is 1. The van der Waals surface area contributed by atoms with Gasteiger partial charge in [0.05, 0.1) is 0 Å². The minimum absolute atomic E-state index is 1.00. The zero-order chi connectivity index (χ0) is 10.9. The van der Waals surface area contributed by atoms with Crippen LogP contribution in [0.3, 0.4) is 0 Å². The lowest BCUT2D eigenvalue weighted by atomic mass is 9.80. The molecule has 2 unspecified atom stereocenters. The molecule has 0 aromatic heterocycles. The van der Waals surface area contributed by atoms with Crippen LogP contribution >= 0.6 is 0 Å². The van der Waals surface area contributed by atoms with Gasteiger partial charge in [0.1, 0.15) is 0 Å². The smallest absolute Gasteiger partial charge is 0.00489 e. The molecule has 1 saturated carbocycles. The van der Waals surface area contributed by atoms with Gasteiger partial charge in [-0.1, -0.05) is 46.0 Å². The molecule has 0 saturated heterocycles. The lowest BCUT2D eigenvalue weighted by Gasteiger charge is -2.26. The van der Waals surface area contributed by atoms with Crippen molar-refractivity contribution >= 4 is 0 Å². The van der Waals surface area contributed by atoms with E-state index in [9.17, 15) is 0 Å². The summed E-state index contributed by atoms with van der Waals surface area (Å²) in [5, 5.41) is 3.48. The topological polar surface area (TPSA) is 12.0 Å². The standard InChI is InChI=1S/C14H29N/c1-3-10-15-11-5-4-8-14-9-6-7-13(2)12-14/h13-15H,3-12H2,1-2H3. The fourth-order valence-electron chi connectivity index (χ4n) is 2.81. The van der Waals surface area contributed by atoms with E-state index in [4.69, 9.17) is 0 Å². The van der Waals surface area contributed by atoms with E-state index in [1.54, 1.807) is 0 Å². The summed E-state index contributed by atoms with van der Waals surface area (Å²) >= 11 is 0. The number of hydrogen-bond acceptors (Lipinski definition) is 1. The third-order valence-corrected chi connectivity index (χ3v) is 3.69. The molecule has 1 N–H and O–H groups in total. The van der Waals surface area contributed by atoms with Gasteiger partial charge in [-0.05, 0) is 44.2 Å². The van der Waals surface area contributed by atoms with Crippen LogP contribution in [0.2, 0.25) is 0 Å². The third kappa shape index (κ3) is 6.19. The van der Waals surface area contributed by atoms with Gasteiger partial charge < -0.3 is 5.32 Å². The van der Waals surface area contributed by atoms with Crippen molar-refractivity contribution in [1.29, 1.82) is 0 Å². The first-order chi connectivity index (χ1) is 7.33. The van der Waals surface area contributed by atoms with Crippen LogP contribution in [0, 0.1) is 11.8 Å². The summed E-state index contributed by atoms with van der Waals surface area (Å²) in [4.78, 5) is 0. The van der Waals surface area contributed by atoms with Crippen molar-refractivity contribution in [3.63, 3.8) is 0 Å². The van der Waals surface area contributed by atoms with Crippen molar-refractivity contribution in [3.8, 4) is 0 Å². The van der Waals surface area contributed by atoms with Crippen LogP contribution in [0.15, 0.2) is 0 Å². The fraction of sp³-hybridized carbons (Fsp3) is 1.00. The van der Waals surface area contributed by atoms with Crippen LogP contribution < -0.4 is 5.32 Å². The molecule has 1 aliphatic carbocycles. The summed E-state index contributed by atoms with van der Waals surface area (Å²) in [5.74, 6) is 2.06. The lowest BCUT2D eigenvalue weighted by molar-refractivity contribution is 0.264. The highest BCUT2D eigenvalue weighted by Crippen LogP contribution is 2.31. The maximum Gasteiger partial charge on any atom is -0.00489 e. The monoisotopic (exact) mass is 211 g/mol. The Morgan fingerprint density at radius 2 is 2.00 bits per heavy atom. The quantitative estimate of drug-likeness (QED) is 0.628. The normalized spacial score (nSPS) is 26.8. The van der Waals surface area contributed by atoms with Crippen molar-refractivity contribution in [2.24, 2.45) is 11.8 Å². The van der Waals surface area contributed by atoms with Crippen molar-refractivity contribution in [1.82, 2.24) is 5.32 Å². The minimum atomic E-state index is 1.00. The van der Waals surface area contributed by atoms with Gasteiger partial charge >= 0.3 is 0 Å². The maximum absolute atomic E-state index is 3.48. The Morgan fingerprint density at radius 1 is 1.13 bits per heavy atom. The average molecular weight is 211 g/mol. The highest BCUT2D eigenvalue weighted by Gasteiger charge is 2.17. The van der Waals surface area contributed by atoms with Crippen LogP contribution in [0.5, 0.6) is 0 Å². The largest absolute Gasteiger partial charge is 0.317 e. The molecule has 1 rings (SSSR count). The fourth-order valence-corrected chi connectivity index (χ4v) is 2.81. The first kappa shape index (κ1) is 13.0. The first-order valence-electron chi connectivity index (χ1n) is 7.03. The predicted molar refractivity (Wildman–Crippen MR) is 68.1 cm³/mol. The van der Waals surface area contributed by atoms with E-state index >= 15 is 0 Å². The second-order valence-electron chi connectivity index (χ2n) is 5.38. The average Bonchev–Trinajstić information content (AvgIpc) is 2.23. The van der Waals surface area contributed by atoms with Gasteiger partial charge in [0.15, 0.2) is 0 Å².